The molecule has 3 rings (SSSR count). The zero-order valence-corrected chi connectivity index (χ0v) is 10.4. The summed E-state index contributed by atoms with van der Waals surface area (Å²) >= 11 is 5.92. The number of rotatable bonds is 4. The maximum atomic E-state index is 5.92. The zero-order chi connectivity index (χ0) is 12.4. The van der Waals surface area contributed by atoms with Gasteiger partial charge in [-0.15, -0.1) is 5.10 Å². The van der Waals surface area contributed by atoms with Crippen LogP contribution in [0.25, 0.3) is 0 Å². The summed E-state index contributed by atoms with van der Waals surface area (Å²) in [6, 6.07) is 7.96. The highest BCUT2D eigenvalue weighted by Gasteiger charge is 2.22. The van der Waals surface area contributed by atoms with Gasteiger partial charge in [0.2, 0.25) is 5.95 Å². The van der Waals surface area contributed by atoms with Crippen molar-refractivity contribution in [2.75, 3.05) is 10.6 Å². The van der Waals surface area contributed by atoms with Crippen molar-refractivity contribution < 1.29 is 0 Å². The molecule has 1 saturated carbocycles. The number of nitrogens with zero attached hydrogens (tertiary/aromatic N) is 3. The van der Waals surface area contributed by atoms with E-state index in [9.17, 15) is 0 Å². The Morgan fingerprint density at radius 2 is 2.17 bits per heavy atom. The van der Waals surface area contributed by atoms with Crippen LogP contribution in [0.5, 0.6) is 0 Å². The van der Waals surface area contributed by atoms with E-state index in [-0.39, 0.29) is 0 Å². The molecule has 0 unspecified atom stereocenters. The Hall–Kier alpha value is -1.88. The van der Waals surface area contributed by atoms with Crippen LogP contribution in [-0.2, 0) is 0 Å². The smallest absolute Gasteiger partial charge is 0.244 e. The van der Waals surface area contributed by atoms with Gasteiger partial charge in [0.1, 0.15) is 0 Å². The average Bonchev–Trinajstić information content (AvgIpc) is 3.13. The quantitative estimate of drug-likeness (QED) is 0.886. The number of anilines is 3. The van der Waals surface area contributed by atoms with E-state index < -0.39 is 0 Å². The lowest BCUT2D eigenvalue weighted by atomic mass is 10.3. The first-order valence-corrected chi connectivity index (χ1v) is 6.16. The fourth-order valence-corrected chi connectivity index (χ4v) is 1.74. The molecule has 1 heterocycles. The van der Waals surface area contributed by atoms with Crippen molar-refractivity contribution in [1.82, 2.24) is 15.2 Å². The Labute approximate surface area is 110 Å². The number of nitrogens with one attached hydrogen (secondary N) is 2. The second-order valence-corrected chi connectivity index (χ2v) is 4.66. The third-order valence-corrected chi connectivity index (χ3v) is 2.80. The molecule has 0 amide bonds. The van der Waals surface area contributed by atoms with Gasteiger partial charge in [-0.1, -0.05) is 17.7 Å². The SMILES string of the molecule is Clc1cccc(Nc2cnnc(NC3CC3)n2)c1. The van der Waals surface area contributed by atoms with Crippen molar-refractivity contribution in [3.05, 3.63) is 35.5 Å². The van der Waals surface area contributed by atoms with Crippen molar-refractivity contribution >= 4 is 29.1 Å². The summed E-state index contributed by atoms with van der Waals surface area (Å²) in [5.74, 6) is 1.21. The monoisotopic (exact) mass is 261 g/mol. The minimum Gasteiger partial charge on any atom is -0.350 e. The van der Waals surface area contributed by atoms with Gasteiger partial charge < -0.3 is 10.6 Å². The second kappa shape index (κ2) is 4.78. The van der Waals surface area contributed by atoms with E-state index in [1.165, 1.54) is 12.8 Å². The van der Waals surface area contributed by atoms with E-state index in [0.717, 1.165) is 5.69 Å². The summed E-state index contributed by atoms with van der Waals surface area (Å²) < 4.78 is 0. The van der Waals surface area contributed by atoms with Crippen LogP contribution in [0.4, 0.5) is 17.5 Å². The predicted octanol–water partition coefficient (Wildman–Crippen LogP) is 2.84. The molecule has 0 bridgehead atoms. The lowest BCUT2D eigenvalue weighted by Crippen LogP contribution is -2.07. The molecule has 1 aliphatic rings. The van der Waals surface area contributed by atoms with Gasteiger partial charge in [0.15, 0.2) is 5.82 Å². The first-order chi connectivity index (χ1) is 8.79. The standard InChI is InChI=1S/C12H12ClN5/c13-8-2-1-3-10(6-8)15-11-7-14-18-12(17-11)16-9-4-5-9/h1-3,6-7,9H,4-5H2,(H2,15,16,17,18). The molecular weight excluding hydrogens is 250 g/mol. The van der Waals surface area contributed by atoms with Crippen LogP contribution >= 0.6 is 11.6 Å². The van der Waals surface area contributed by atoms with E-state index in [1.54, 1.807) is 6.20 Å². The number of benzene rings is 1. The molecule has 0 atom stereocenters. The molecule has 1 aromatic carbocycles. The Kier molecular flexibility index (Phi) is 2.98. The largest absolute Gasteiger partial charge is 0.350 e. The summed E-state index contributed by atoms with van der Waals surface area (Å²) in [5.41, 5.74) is 0.875. The molecule has 0 aliphatic heterocycles. The number of halogens is 1. The summed E-state index contributed by atoms with van der Waals surface area (Å²) in [7, 11) is 0. The Morgan fingerprint density at radius 3 is 2.94 bits per heavy atom. The molecule has 2 aromatic rings. The van der Waals surface area contributed by atoms with E-state index in [4.69, 9.17) is 11.6 Å². The maximum Gasteiger partial charge on any atom is 0.244 e. The van der Waals surface area contributed by atoms with Crippen LogP contribution in [0.2, 0.25) is 5.02 Å². The van der Waals surface area contributed by atoms with Crippen LogP contribution in [0.1, 0.15) is 12.8 Å². The van der Waals surface area contributed by atoms with E-state index in [0.29, 0.717) is 22.8 Å². The second-order valence-electron chi connectivity index (χ2n) is 4.22. The summed E-state index contributed by atoms with van der Waals surface area (Å²) in [5, 5.41) is 14.9. The van der Waals surface area contributed by atoms with E-state index >= 15 is 0 Å². The number of aromatic nitrogens is 3. The lowest BCUT2D eigenvalue weighted by Gasteiger charge is -2.07. The third kappa shape index (κ3) is 2.87. The highest BCUT2D eigenvalue weighted by Crippen LogP contribution is 2.23. The number of hydrogen-bond acceptors (Lipinski definition) is 5. The zero-order valence-electron chi connectivity index (χ0n) is 9.60. The first kappa shape index (κ1) is 11.2. The van der Waals surface area contributed by atoms with Crippen LogP contribution in [0, 0.1) is 0 Å². The van der Waals surface area contributed by atoms with Gasteiger partial charge in [0, 0.05) is 16.8 Å². The van der Waals surface area contributed by atoms with Gasteiger partial charge >= 0.3 is 0 Å². The van der Waals surface area contributed by atoms with Gasteiger partial charge in [0.25, 0.3) is 0 Å². The Bertz CT molecular complexity index is 556. The molecule has 0 saturated heterocycles. The molecule has 1 aliphatic carbocycles. The van der Waals surface area contributed by atoms with Crippen molar-refractivity contribution in [1.29, 1.82) is 0 Å². The summed E-state index contributed by atoms with van der Waals surface area (Å²) in [6.07, 6.45) is 3.93. The van der Waals surface area contributed by atoms with Gasteiger partial charge in [-0.3, -0.25) is 0 Å². The van der Waals surface area contributed by atoms with Crippen molar-refractivity contribution in [3.8, 4) is 0 Å². The molecule has 2 N–H and O–H groups in total. The predicted molar refractivity (Wildman–Crippen MR) is 71.2 cm³/mol. The molecule has 6 heteroatoms. The minimum absolute atomic E-state index is 0.508. The fraction of sp³-hybridized carbons (Fsp3) is 0.250. The third-order valence-electron chi connectivity index (χ3n) is 2.57. The topological polar surface area (TPSA) is 62.7 Å². The van der Waals surface area contributed by atoms with E-state index in [2.05, 4.69) is 25.8 Å². The first-order valence-electron chi connectivity index (χ1n) is 5.78. The van der Waals surface area contributed by atoms with Crippen LogP contribution in [0.15, 0.2) is 30.5 Å². The van der Waals surface area contributed by atoms with Gasteiger partial charge in [-0.2, -0.15) is 10.1 Å². The summed E-state index contributed by atoms with van der Waals surface area (Å²) in [6.45, 7) is 0. The van der Waals surface area contributed by atoms with Crippen molar-refractivity contribution in [2.45, 2.75) is 18.9 Å². The van der Waals surface area contributed by atoms with Gasteiger partial charge in [-0.05, 0) is 31.0 Å². The molecule has 0 radical (unpaired) electrons. The molecule has 1 fully saturated rings. The maximum absolute atomic E-state index is 5.92. The highest BCUT2D eigenvalue weighted by molar-refractivity contribution is 6.30. The molecule has 0 spiro atoms. The molecule has 1 aromatic heterocycles. The van der Waals surface area contributed by atoms with Crippen LogP contribution in [-0.4, -0.2) is 21.2 Å². The Morgan fingerprint density at radius 1 is 1.28 bits per heavy atom. The highest BCUT2D eigenvalue weighted by atomic mass is 35.5. The molecule has 18 heavy (non-hydrogen) atoms. The van der Waals surface area contributed by atoms with Crippen molar-refractivity contribution in [3.63, 3.8) is 0 Å². The molecular formula is C12H12ClN5. The van der Waals surface area contributed by atoms with Gasteiger partial charge in [-0.25, -0.2) is 0 Å². The summed E-state index contributed by atoms with van der Waals surface area (Å²) in [4.78, 5) is 4.34. The number of hydrogen-bond donors (Lipinski definition) is 2. The van der Waals surface area contributed by atoms with E-state index in [1.807, 2.05) is 24.3 Å². The normalized spacial score (nSPS) is 14.3. The van der Waals surface area contributed by atoms with Crippen molar-refractivity contribution in [2.24, 2.45) is 0 Å². The lowest BCUT2D eigenvalue weighted by molar-refractivity contribution is 0.947. The molecule has 92 valence electrons. The molecule has 5 nitrogen and oxygen atoms in total. The van der Waals surface area contributed by atoms with Gasteiger partial charge in [0.05, 0.1) is 6.20 Å². The minimum atomic E-state index is 0.508. The Balaban J connectivity index is 1.75. The average molecular weight is 262 g/mol. The fourth-order valence-electron chi connectivity index (χ4n) is 1.55. The van der Waals surface area contributed by atoms with Crippen LogP contribution < -0.4 is 10.6 Å². The van der Waals surface area contributed by atoms with Crippen LogP contribution in [0.3, 0.4) is 0 Å².